The molecule has 0 bridgehead atoms. The van der Waals surface area contributed by atoms with E-state index >= 15 is 0 Å². The number of aliphatic hydroxyl groups is 1. The first-order valence-corrected chi connectivity index (χ1v) is 10.9. The van der Waals surface area contributed by atoms with Crippen molar-refractivity contribution < 1.29 is 24.2 Å². The monoisotopic (exact) mass is 400 g/mol. The van der Waals surface area contributed by atoms with Crippen molar-refractivity contribution in [3.63, 3.8) is 0 Å². The SMILES string of the molecule is CC(=O)OCC(=O)C1(O)C(C)CC2C3CCC4=CC(=O)CCC4(C)C3=CCC21C. The summed E-state index contributed by atoms with van der Waals surface area (Å²) in [4.78, 5) is 36.2. The van der Waals surface area contributed by atoms with Crippen molar-refractivity contribution in [2.75, 3.05) is 6.61 Å². The molecule has 0 radical (unpaired) electrons. The average Bonchev–Trinajstić information content (AvgIpc) is 2.88. The van der Waals surface area contributed by atoms with Crippen molar-refractivity contribution in [2.45, 2.75) is 71.8 Å². The summed E-state index contributed by atoms with van der Waals surface area (Å²) in [5.74, 6) is -0.315. The van der Waals surface area contributed by atoms with E-state index in [1.807, 2.05) is 19.9 Å². The summed E-state index contributed by atoms with van der Waals surface area (Å²) in [6.07, 6.45) is 8.85. The Labute approximate surface area is 172 Å². The van der Waals surface area contributed by atoms with Crippen LogP contribution in [0.4, 0.5) is 0 Å². The number of Topliss-reactive ketones (excluding diaryl/α,β-unsaturated/α-hetero) is 1. The predicted octanol–water partition coefficient (Wildman–Crippen LogP) is 3.55. The molecule has 0 aromatic rings. The highest BCUT2D eigenvalue weighted by Gasteiger charge is 2.67. The second kappa shape index (κ2) is 6.63. The summed E-state index contributed by atoms with van der Waals surface area (Å²) in [6, 6.07) is 0. The van der Waals surface area contributed by atoms with Gasteiger partial charge in [0.2, 0.25) is 5.78 Å². The minimum absolute atomic E-state index is 0.0656. The fourth-order valence-corrected chi connectivity index (χ4v) is 7.07. The Morgan fingerprint density at radius 1 is 1.28 bits per heavy atom. The van der Waals surface area contributed by atoms with Crippen LogP contribution in [0.25, 0.3) is 0 Å². The highest BCUT2D eigenvalue weighted by Crippen LogP contribution is 2.66. The van der Waals surface area contributed by atoms with Crippen LogP contribution < -0.4 is 0 Å². The molecule has 0 aromatic carbocycles. The molecule has 2 saturated carbocycles. The van der Waals surface area contributed by atoms with Crippen LogP contribution >= 0.6 is 0 Å². The minimum Gasteiger partial charge on any atom is -0.458 e. The van der Waals surface area contributed by atoms with E-state index in [0.717, 1.165) is 25.7 Å². The summed E-state index contributed by atoms with van der Waals surface area (Å²) in [5.41, 5.74) is 0.541. The molecule has 1 N–H and O–H groups in total. The molecule has 5 nitrogen and oxygen atoms in total. The Balaban J connectivity index is 1.70. The Morgan fingerprint density at radius 2 is 2.00 bits per heavy atom. The lowest BCUT2D eigenvalue weighted by Crippen LogP contribution is -2.57. The summed E-state index contributed by atoms with van der Waals surface area (Å²) < 4.78 is 4.95. The van der Waals surface area contributed by atoms with Gasteiger partial charge in [-0.25, -0.2) is 0 Å². The highest BCUT2D eigenvalue weighted by atomic mass is 16.5. The molecule has 0 amide bonds. The maximum Gasteiger partial charge on any atom is 0.303 e. The second-order valence-corrected chi connectivity index (χ2v) is 10.1. The van der Waals surface area contributed by atoms with Crippen LogP contribution in [0.3, 0.4) is 0 Å². The Hall–Kier alpha value is -1.75. The van der Waals surface area contributed by atoms with Gasteiger partial charge < -0.3 is 9.84 Å². The fourth-order valence-electron chi connectivity index (χ4n) is 7.07. The largest absolute Gasteiger partial charge is 0.458 e. The first-order valence-electron chi connectivity index (χ1n) is 10.9. The van der Waals surface area contributed by atoms with Gasteiger partial charge in [0.1, 0.15) is 5.60 Å². The molecular formula is C24H32O5. The molecule has 6 atom stereocenters. The lowest BCUT2D eigenvalue weighted by molar-refractivity contribution is -0.167. The van der Waals surface area contributed by atoms with Gasteiger partial charge in [0.05, 0.1) is 0 Å². The maximum atomic E-state index is 13.0. The van der Waals surface area contributed by atoms with Crippen molar-refractivity contribution in [3.05, 3.63) is 23.3 Å². The third kappa shape index (κ3) is 2.73. The number of ketones is 2. The van der Waals surface area contributed by atoms with E-state index in [2.05, 4.69) is 13.0 Å². The normalized spacial score (nSPS) is 43.5. The van der Waals surface area contributed by atoms with Gasteiger partial charge in [-0.3, -0.25) is 14.4 Å². The molecule has 0 aromatic heterocycles. The van der Waals surface area contributed by atoms with Gasteiger partial charge >= 0.3 is 5.97 Å². The lowest BCUT2D eigenvalue weighted by atomic mass is 9.50. The number of esters is 1. The van der Waals surface area contributed by atoms with Gasteiger partial charge in [-0.05, 0) is 55.9 Å². The molecule has 2 fully saturated rings. The fraction of sp³-hybridized carbons (Fsp3) is 0.708. The molecular weight excluding hydrogens is 368 g/mol. The van der Waals surface area contributed by atoms with Gasteiger partial charge in [-0.15, -0.1) is 0 Å². The van der Waals surface area contributed by atoms with Gasteiger partial charge in [-0.2, -0.15) is 0 Å². The summed E-state index contributed by atoms with van der Waals surface area (Å²) >= 11 is 0. The molecule has 0 aliphatic heterocycles. The van der Waals surface area contributed by atoms with Crippen LogP contribution in [-0.4, -0.2) is 34.9 Å². The Morgan fingerprint density at radius 3 is 2.69 bits per heavy atom. The van der Waals surface area contributed by atoms with Crippen LogP contribution in [0, 0.1) is 28.6 Å². The zero-order valence-electron chi connectivity index (χ0n) is 17.9. The standard InChI is InChI=1S/C24H32O5/c1-14-11-20-18-6-5-16-12-17(26)7-9-22(16,3)19(18)8-10-23(20,4)24(14,28)21(27)13-29-15(2)25/h8,12,14,18,20,28H,5-7,9-11,13H2,1-4H3. The van der Waals surface area contributed by atoms with E-state index in [-0.39, 0.29) is 35.4 Å². The smallest absolute Gasteiger partial charge is 0.303 e. The van der Waals surface area contributed by atoms with Crippen LogP contribution in [0.2, 0.25) is 0 Å². The summed E-state index contributed by atoms with van der Waals surface area (Å²) in [7, 11) is 0. The average molecular weight is 401 g/mol. The number of carbonyl (C=O) groups is 3. The molecule has 29 heavy (non-hydrogen) atoms. The molecule has 0 spiro atoms. The van der Waals surface area contributed by atoms with Crippen LogP contribution in [-0.2, 0) is 19.1 Å². The molecule has 4 rings (SSSR count). The van der Waals surface area contributed by atoms with Gasteiger partial charge in [0.15, 0.2) is 12.4 Å². The minimum atomic E-state index is -1.49. The molecule has 5 heteroatoms. The third-order valence-corrected chi connectivity index (χ3v) is 8.75. The third-order valence-electron chi connectivity index (χ3n) is 8.75. The van der Waals surface area contributed by atoms with Gasteiger partial charge in [0.25, 0.3) is 0 Å². The Bertz CT molecular complexity index is 838. The number of ether oxygens (including phenoxy) is 1. The molecule has 158 valence electrons. The first-order chi connectivity index (χ1) is 13.5. The number of hydrogen-bond acceptors (Lipinski definition) is 5. The van der Waals surface area contributed by atoms with Crippen molar-refractivity contribution in [3.8, 4) is 0 Å². The maximum absolute atomic E-state index is 13.0. The van der Waals surface area contributed by atoms with Gasteiger partial charge in [-0.1, -0.05) is 38.0 Å². The predicted molar refractivity (Wildman–Crippen MR) is 108 cm³/mol. The first kappa shape index (κ1) is 20.5. The van der Waals surface area contributed by atoms with Crippen molar-refractivity contribution in [2.24, 2.45) is 28.6 Å². The van der Waals surface area contributed by atoms with Crippen LogP contribution in [0.1, 0.15) is 66.2 Å². The van der Waals surface area contributed by atoms with E-state index < -0.39 is 17.0 Å². The van der Waals surface area contributed by atoms with E-state index in [1.54, 1.807) is 0 Å². The number of fused-ring (bicyclic) bond motifs is 5. The zero-order chi connectivity index (χ0) is 21.2. The van der Waals surface area contributed by atoms with E-state index in [1.165, 1.54) is 18.1 Å². The van der Waals surface area contributed by atoms with E-state index in [9.17, 15) is 19.5 Å². The quantitative estimate of drug-likeness (QED) is 0.579. The van der Waals surface area contributed by atoms with E-state index in [0.29, 0.717) is 18.8 Å². The van der Waals surface area contributed by atoms with Crippen molar-refractivity contribution >= 4 is 17.5 Å². The van der Waals surface area contributed by atoms with Crippen LogP contribution in [0.5, 0.6) is 0 Å². The topological polar surface area (TPSA) is 80.7 Å². The number of carbonyl (C=O) groups excluding carboxylic acids is 3. The lowest BCUT2D eigenvalue weighted by Gasteiger charge is -2.54. The molecule has 6 unspecified atom stereocenters. The van der Waals surface area contributed by atoms with E-state index in [4.69, 9.17) is 4.74 Å². The number of rotatable bonds is 3. The van der Waals surface area contributed by atoms with Crippen molar-refractivity contribution in [1.82, 2.24) is 0 Å². The van der Waals surface area contributed by atoms with Crippen molar-refractivity contribution in [1.29, 1.82) is 0 Å². The van der Waals surface area contributed by atoms with Gasteiger partial charge in [0, 0.05) is 24.2 Å². The molecule has 4 aliphatic rings. The number of allylic oxidation sites excluding steroid dienone is 4. The van der Waals surface area contributed by atoms with Crippen LogP contribution in [0.15, 0.2) is 23.3 Å². The second-order valence-electron chi connectivity index (χ2n) is 10.1. The molecule has 4 aliphatic carbocycles. The molecule has 0 saturated heterocycles. The summed E-state index contributed by atoms with van der Waals surface area (Å²) in [5, 5.41) is 11.7. The zero-order valence-corrected chi connectivity index (χ0v) is 17.9. The number of hydrogen-bond donors (Lipinski definition) is 1. The summed E-state index contributed by atoms with van der Waals surface area (Å²) in [6.45, 7) is 7.16. The highest BCUT2D eigenvalue weighted by molar-refractivity contribution is 5.92. The Kier molecular flexibility index (Phi) is 4.69. The molecule has 0 heterocycles.